The molecule has 0 aliphatic carbocycles. The normalized spacial score (nSPS) is 22.4. The van der Waals surface area contributed by atoms with Gasteiger partial charge in [-0.1, -0.05) is 12.1 Å². The fraction of sp³-hybridized carbons (Fsp3) is 0.357. The second kappa shape index (κ2) is 4.47. The molecule has 2 aromatic rings. The number of piperazine rings is 2. The van der Waals surface area contributed by atoms with Crippen molar-refractivity contribution < 1.29 is 9.59 Å². The van der Waals surface area contributed by atoms with Gasteiger partial charge in [0.15, 0.2) is 0 Å². The molecule has 2 fully saturated rings. The number of hydrogen-bond acceptors (Lipinski definition) is 4. The van der Waals surface area contributed by atoms with E-state index in [1.165, 1.54) is 0 Å². The lowest BCUT2D eigenvalue weighted by molar-refractivity contribution is -0.150. The minimum Gasteiger partial charge on any atom is -0.346 e. The van der Waals surface area contributed by atoms with Crippen LogP contribution in [0.1, 0.15) is 0 Å². The summed E-state index contributed by atoms with van der Waals surface area (Å²) in [6.07, 6.45) is 0. The zero-order valence-electron chi connectivity index (χ0n) is 11.4. The second-order valence-corrected chi connectivity index (χ2v) is 5.39. The molecule has 1 aromatic carbocycles. The molecule has 2 N–H and O–H groups in total. The van der Waals surface area contributed by atoms with Gasteiger partial charge in [0, 0.05) is 26.2 Å². The van der Waals surface area contributed by atoms with Crippen LogP contribution in [0, 0.1) is 0 Å². The molecule has 7 nitrogen and oxygen atoms in total. The van der Waals surface area contributed by atoms with E-state index < -0.39 is 11.8 Å². The van der Waals surface area contributed by atoms with Gasteiger partial charge in [0.05, 0.1) is 17.1 Å². The van der Waals surface area contributed by atoms with Crippen LogP contribution >= 0.6 is 0 Å². The van der Waals surface area contributed by atoms with Crippen LogP contribution in [0.2, 0.25) is 0 Å². The van der Waals surface area contributed by atoms with Crippen molar-refractivity contribution >= 4 is 28.8 Å². The highest BCUT2D eigenvalue weighted by molar-refractivity contribution is 6.35. The fourth-order valence-corrected chi connectivity index (χ4v) is 3.00. The molecule has 0 saturated carbocycles. The van der Waals surface area contributed by atoms with Gasteiger partial charge >= 0.3 is 11.8 Å². The number of H-pyrrole nitrogens is 1. The Balaban J connectivity index is 1.58. The molecule has 108 valence electrons. The van der Waals surface area contributed by atoms with Crippen molar-refractivity contribution in [1.29, 1.82) is 0 Å². The topological polar surface area (TPSA) is 81.3 Å². The van der Waals surface area contributed by atoms with Gasteiger partial charge in [-0.05, 0) is 12.1 Å². The maximum atomic E-state index is 11.8. The third-order valence-electron chi connectivity index (χ3n) is 4.11. The van der Waals surface area contributed by atoms with E-state index in [-0.39, 0.29) is 6.04 Å². The first-order chi connectivity index (χ1) is 10.2. The van der Waals surface area contributed by atoms with Crippen molar-refractivity contribution in [3.63, 3.8) is 0 Å². The van der Waals surface area contributed by atoms with Crippen molar-refractivity contribution in [2.24, 2.45) is 0 Å². The number of anilines is 1. The molecule has 1 atom stereocenters. The summed E-state index contributed by atoms with van der Waals surface area (Å²) < 4.78 is 0. The largest absolute Gasteiger partial charge is 0.346 e. The van der Waals surface area contributed by atoms with Crippen molar-refractivity contribution in [3.8, 4) is 0 Å². The summed E-state index contributed by atoms with van der Waals surface area (Å²) in [7, 11) is 0. The predicted octanol–water partition coefficient (Wildman–Crippen LogP) is -0.290. The first kappa shape index (κ1) is 12.2. The zero-order valence-corrected chi connectivity index (χ0v) is 11.4. The molecule has 4 rings (SSSR count). The zero-order chi connectivity index (χ0) is 14.4. The van der Waals surface area contributed by atoms with E-state index in [4.69, 9.17) is 0 Å². The highest BCUT2D eigenvalue weighted by Gasteiger charge is 2.38. The van der Waals surface area contributed by atoms with E-state index in [9.17, 15) is 9.59 Å². The van der Waals surface area contributed by atoms with Gasteiger partial charge in [-0.25, -0.2) is 4.98 Å². The van der Waals surface area contributed by atoms with Crippen molar-refractivity contribution in [3.05, 3.63) is 24.3 Å². The maximum Gasteiger partial charge on any atom is 0.312 e. The molecule has 21 heavy (non-hydrogen) atoms. The molecular formula is C14H15N5O2. The number of para-hydroxylation sites is 2. The Labute approximate surface area is 120 Å². The number of imidazole rings is 1. The lowest BCUT2D eigenvalue weighted by Gasteiger charge is -2.43. The Morgan fingerprint density at radius 2 is 2.05 bits per heavy atom. The number of hydrogen-bond donors (Lipinski definition) is 2. The van der Waals surface area contributed by atoms with Gasteiger partial charge in [-0.3, -0.25) is 9.59 Å². The number of carbonyl (C=O) groups excluding carboxylic acids is 2. The summed E-state index contributed by atoms with van der Waals surface area (Å²) in [4.78, 5) is 34.9. The number of fused-ring (bicyclic) bond motifs is 2. The Morgan fingerprint density at radius 3 is 2.90 bits per heavy atom. The van der Waals surface area contributed by atoms with E-state index in [0.29, 0.717) is 26.2 Å². The lowest BCUT2D eigenvalue weighted by Crippen LogP contribution is -2.65. The minimum atomic E-state index is -0.497. The molecule has 0 bridgehead atoms. The van der Waals surface area contributed by atoms with Crippen LogP contribution in [0.4, 0.5) is 5.95 Å². The van der Waals surface area contributed by atoms with Crippen molar-refractivity contribution in [2.45, 2.75) is 6.04 Å². The van der Waals surface area contributed by atoms with Crippen LogP contribution in [-0.4, -0.2) is 58.9 Å². The van der Waals surface area contributed by atoms with E-state index in [0.717, 1.165) is 17.0 Å². The molecule has 2 saturated heterocycles. The SMILES string of the molecule is O=C1NCC2CN(c3nc4ccccc4[nH]3)CCN2C1=O. The number of aromatic amines is 1. The molecule has 2 aliphatic rings. The van der Waals surface area contributed by atoms with Crippen LogP contribution in [0.5, 0.6) is 0 Å². The van der Waals surface area contributed by atoms with Crippen molar-refractivity contribution in [1.82, 2.24) is 20.2 Å². The van der Waals surface area contributed by atoms with E-state index >= 15 is 0 Å². The summed E-state index contributed by atoms with van der Waals surface area (Å²) in [5, 5.41) is 2.64. The molecule has 1 aromatic heterocycles. The molecule has 0 spiro atoms. The Kier molecular flexibility index (Phi) is 2.60. The molecular weight excluding hydrogens is 270 g/mol. The Bertz CT molecular complexity index is 692. The average molecular weight is 285 g/mol. The maximum absolute atomic E-state index is 11.8. The Morgan fingerprint density at radius 1 is 1.19 bits per heavy atom. The van der Waals surface area contributed by atoms with Gasteiger partial charge < -0.3 is 20.1 Å². The number of carbonyl (C=O) groups is 2. The lowest BCUT2D eigenvalue weighted by atomic mass is 10.1. The van der Waals surface area contributed by atoms with Crippen LogP contribution in [0.3, 0.4) is 0 Å². The molecule has 3 heterocycles. The van der Waals surface area contributed by atoms with Gasteiger partial charge in [0.2, 0.25) is 5.95 Å². The summed E-state index contributed by atoms with van der Waals surface area (Å²) in [6, 6.07) is 7.90. The molecule has 2 aliphatic heterocycles. The monoisotopic (exact) mass is 285 g/mol. The third-order valence-corrected chi connectivity index (χ3v) is 4.11. The summed E-state index contributed by atoms with van der Waals surface area (Å²) in [6.45, 7) is 2.40. The minimum absolute atomic E-state index is 0.0113. The van der Waals surface area contributed by atoms with E-state index in [1.807, 2.05) is 24.3 Å². The number of rotatable bonds is 1. The number of nitrogens with one attached hydrogen (secondary N) is 2. The average Bonchev–Trinajstić information content (AvgIpc) is 2.95. The van der Waals surface area contributed by atoms with Crippen LogP contribution in [0.15, 0.2) is 24.3 Å². The number of aromatic nitrogens is 2. The quantitative estimate of drug-likeness (QED) is 0.706. The molecule has 7 heteroatoms. The molecule has 1 unspecified atom stereocenters. The fourth-order valence-electron chi connectivity index (χ4n) is 3.00. The molecule has 0 radical (unpaired) electrons. The first-order valence-corrected chi connectivity index (χ1v) is 7.01. The standard InChI is InChI=1S/C14H15N5O2/c20-12-13(21)19-6-5-18(8-9(19)7-15-12)14-16-10-3-1-2-4-11(10)17-14/h1-4,9H,5-8H2,(H,15,20)(H,16,17). The van der Waals surface area contributed by atoms with E-state index in [2.05, 4.69) is 20.2 Å². The number of benzene rings is 1. The predicted molar refractivity (Wildman–Crippen MR) is 76.8 cm³/mol. The summed E-state index contributed by atoms with van der Waals surface area (Å²) in [5.74, 6) is -0.0980. The van der Waals surface area contributed by atoms with Crippen LogP contribution in [0.25, 0.3) is 11.0 Å². The Hall–Kier alpha value is -2.57. The second-order valence-electron chi connectivity index (χ2n) is 5.39. The highest BCUT2D eigenvalue weighted by Crippen LogP contribution is 2.21. The summed E-state index contributed by atoms with van der Waals surface area (Å²) >= 11 is 0. The molecule has 2 amide bonds. The van der Waals surface area contributed by atoms with Gasteiger partial charge in [-0.15, -0.1) is 0 Å². The highest BCUT2D eigenvalue weighted by atomic mass is 16.2. The number of amides is 2. The van der Waals surface area contributed by atoms with E-state index in [1.54, 1.807) is 4.90 Å². The number of nitrogens with zero attached hydrogens (tertiary/aromatic N) is 3. The summed E-state index contributed by atoms with van der Waals surface area (Å²) in [5.41, 5.74) is 1.94. The van der Waals surface area contributed by atoms with Gasteiger partial charge in [-0.2, -0.15) is 0 Å². The van der Waals surface area contributed by atoms with Crippen LogP contribution < -0.4 is 10.2 Å². The smallest absolute Gasteiger partial charge is 0.312 e. The van der Waals surface area contributed by atoms with Gasteiger partial charge in [0.1, 0.15) is 0 Å². The van der Waals surface area contributed by atoms with Crippen molar-refractivity contribution in [2.75, 3.05) is 31.1 Å². The van der Waals surface area contributed by atoms with Crippen LogP contribution in [-0.2, 0) is 9.59 Å². The first-order valence-electron chi connectivity index (χ1n) is 7.01. The van der Waals surface area contributed by atoms with Gasteiger partial charge in [0.25, 0.3) is 0 Å². The third kappa shape index (κ3) is 1.93.